The van der Waals surface area contributed by atoms with Gasteiger partial charge in [0.2, 0.25) is 5.91 Å². The summed E-state index contributed by atoms with van der Waals surface area (Å²) in [7, 11) is 0. The maximum absolute atomic E-state index is 13.3. The number of carboxylic acids is 1. The summed E-state index contributed by atoms with van der Waals surface area (Å²) in [5, 5.41) is 16.3. The number of fused-ring (bicyclic) bond motifs is 4. The third kappa shape index (κ3) is 3.42. The zero-order valence-electron chi connectivity index (χ0n) is 17.4. The van der Waals surface area contributed by atoms with Gasteiger partial charge in [-0.15, -0.1) is 0 Å². The summed E-state index contributed by atoms with van der Waals surface area (Å²) in [6.07, 6.45) is 5.12. The second-order valence-electron chi connectivity index (χ2n) is 9.45. The molecule has 0 aromatic carbocycles. The van der Waals surface area contributed by atoms with Crippen LogP contribution in [0.3, 0.4) is 0 Å². The number of esters is 1. The zero-order valence-corrected chi connectivity index (χ0v) is 17.4. The maximum Gasteiger partial charge on any atom is 0.354 e. The van der Waals surface area contributed by atoms with Crippen LogP contribution >= 0.6 is 0 Å². The molecule has 2 bridgehead atoms. The summed E-state index contributed by atoms with van der Waals surface area (Å²) in [4.78, 5) is 41.4. The van der Waals surface area contributed by atoms with Gasteiger partial charge in [-0.3, -0.25) is 9.59 Å². The number of hydrogen-bond acceptors (Lipinski definition) is 6. The largest absolute Gasteiger partial charge is 0.477 e. The van der Waals surface area contributed by atoms with Crippen LogP contribution < -0.4 is 5.32 Å². The van der Waals surface area contributed by atoms with Crippen molar-refractivity contribution in [3.63, 3.8) is 0 Å². The number of aromatic nitrogens is 3. The Balaban J connectivity index is 1.53. The number of anilines is 1. The van der Waals surface area contributed by atoms with Crippen molar-refractivity contribution in [2.45, 2.75) is 64.9 Å². The second-order valence-corrected chi connectivity index (χ2v) is 9.45. The third-order valence-electron chi connectivity index (χ3n) is 6.38. The van der Waals surface area contributed by atoms with E-state index in [9.17, 15) is 19.5 Å². The second kappa shape index (κ2) is 6.78. The third-order valence-corrected chi connectivity index (χ3v) is 6.38. The molecule has 160 valence electrons. The summed E-state index contributed by atoms with van der Waals surface area (Å²) in [5.41, 5.74) is -1.42. The molecular weight excluding hydrogens is 388 g/mol. The highest BCUT2D eigenvalue weighted by molar-refractivity contribution is 5.97. The molecule has 2 N–H and O–H groups in total. The van der Waals surface area contributed by atoms with Gasteiger partial charge in [0.05, 0.1) is 11.6 Å². The van der Waals surface area contributed by atoms with Crippen molar-refractivity contribution in [2.75, 3.05) is 5.32 Å². The van der Waals surface area contributed by atoms with Crippen molar-refractivity contribution >= 4 is 29.3 Å². The fourth-order valence-corrected chi connectivity index (χ4v) is 4.58. The van der Waals surface area contributed by atoms with Crippen LogP contribution in [0.25, 0.3) is 5.65 Å². The Morgan fingerprint density at radius 3 is 2.27 bits per heavy atom. The van der Waals surface area contributed by atoms with Crippen LogP contribution in [0, 0.1) is 10.8 Å². The first-order chi connectivity index (χ1) is 14.0. The van der Waals surface area contributed by atoms with Gasteiger partial charge >= 0.3 is 11.9 Å². The summed E-state index contributed by atoms with van der Waals surface area (Å²) < 4.78 is 7.06. The number of ether oxygens (including phenoxy) is 1. The van der Waals surface area contributed by atoms with Crippen LogP contribution in [0.5, 0.6) is 0 Å². The number of rotatable bonds is 4. The predicted octanol–water partition coefficient (Wildman–Crippen LogP) is 3.05. The van der Waals surface area contributed by atoms with Crippen LogP contribution in [0.2, 0.25) is 0 Å². The van der Waals surface area contributed by atoms with Crippen molar-refractivity contribution in [1.82, 2.24) is 14.6 Å². The normalized spacial score (nSPS) is 25.8. The molecule has 3 aliphatic carbocycles. The van der Waals surface area contributed by atoms with E-state index in [1.165, 1.54) is 16.8 Å². The van der Waals surface area contributed by atoms with E-state index in [0.717, 1.165) is 0 Å². The van der Waals surface area contributed by atoms with Gasteiger partial charge < -0.3 is 15.2 Å². The monoisotopic (exact) mass is 414 g/mol. The van der Waals surface area contributed by atoms with E-state index in [2.05, 4.69) is 15.4 Å². The number of carbonyl (C=O) groups is 3. The van der Waals surface area contributed by atoms with Crippen LogP contribution in [-0.2, 0) is 14.3 Å². The molecule has 0 spiro atoms. The zero-order chi connectivity index (χ0) is 21.7. The first kappa shape index (κ1) is 20.3. The highest BCUT2D eigenvalue weighted by Crippen LogP contribution is 2.58. The Labute approximate surface area is 173 Å². The molecule has 0 aliphatic heterocycles. The Kier molecular flexibility index (Phi) is 4.59. The standard InChI is InChI=1S/C21H26N4O5/c1-19(2,3)30-18(29)21-8-5-20(6-9-21,7-10-21)17(28)24-15-12-13(16(26)27)23-14-4-11-22-25(14)15/h4,11-12H,5-10H2,1-3H3,(H,24,28)(H,26,27). The average molecular weight is 414 g/mol. The molecule has 3 saturated carbocycles. The van der Waals surface area contributed by atoms with Gasteiger partial charge in [-0.25, -0.2) is 9.78 Å². The Bertz CT molecular complexity index is 1010. The van der Waals surface area contributed by atoms with Gasteiger partial charge in [-0.2, -0.15) is 9.61 Å². The average Bonchev–Trinajstić information content (AvgIpc) is 3.17. The number of nitrogens with one attached hydrogen (secondary N) is 1. The predicted molar refractivity (Wildman–Crippen MR) is 107 cm³/mol. The number of hydrogen-bond donors (Lipinski definition) is 2. The van der Waals surface area contributed by atoms with Crippen LogP contribution in [0.4, 0.5) is 5.82 Å². The quantitative estimate of drug-likeness (QED) is 0.737. The molecule has 9 nitrogen and oxygen atoms in total. The molecule has 0 saturated heterocycles. The lowest BCUT2D eigenvalue weighted by atomic mass is 9.53. The fourth-order valence-electron chi connectivity index (χ4n) is 4.58. The number of amides is 1. The summed E-state index contributed by atoms with van der Waals surface area (Å²) in [6, 6.07) is 2.89. The van der Waals surface area contributed by atoms with Gasteiger partial charge in [0.25, 0.3) is 0 Å². The van der Waals surface area contributed by atoms with Crippen LogP contribution in [0.15, 0.2) is 18.3 Å². The molecular formula is C21H26N4O5. The number of aromatic carboxylic acids is 1. The van der Waals surface area contributed by atoms with Gasteiger partial charge in [0, 0.05) is 17.5 Å². The molecule has 2 aromatic rings. The van der Waals surface area contributed by atoms with Crippen molar-refractivity contribution in [3.05, 3.63) is 24.0 Å². The van der Waals surface area contributed by atoms with Crippen molar-refractivity contribution in [1.29, 1.82) is 0 Å². The topological polar surface area (TPSA) is 123 Å². The molecule has 9 heteroatoms. The number of carbonyl (C=O) groups excluding carboxylic acids is 2. The highest BCUT2D eigenvalue weighted by Gasteiger charge is 2.56. The molecule has 1 amide bonds. The SMILES string of the molecule is CC(C)(C)OC(=O)C12CCC(C(=O)Nc3cc(C(=O)O)nc4ccnn34)(CC1)CC2. The molecule has 2 aromatic heterocycles. The lowest BCUT2D eigenvalue weighted by Crippen LogP contribution is -2.52. The Morgan fingerprint density at radius 2 is 1.70 bits per heavy atom. The van der Waals surface area contributed by atoms with E-state index in [-0.39, 0.29) is 23.4 Å². The van der Waals surface area contributed by atoms with E-state index >= 15 is 0 Å². The highest BCUT2D eigenvalue weighted by atomic mass is 16.6. The fraction of sp³-hybridized carbons (Fsp3) is 0.571. The maximum atomic E-state index is 13.3. The van der Waals surface area contributed by atoms with E-state index in [4.69, 9.17) is 4.74 Å². The van der Waals surface area contributed by atoms with E-state index in [1.807, 2.05) is 20.8 Å². The summed E-state index contributed by atoms with van der Waals surface area (Å²) in [5.74, 6) is -1.23. The Morgan fingerprint density at radius 1 is 1.10 bits per heavy atom. The van der Waals surface area contributed by atoms with Crippen LogP contribution in [-0.4, -0.2) is 43.2 Å². The lowest BCUT2D eigenvalue weighted by molar-refractivity contribution is -0.178. The first-order valence-corrected chi connectivity index (χ1v) is 10.2. The van der Waals surface area contributed by atoms with Gasteiger partial charge in [-0.1, -0.05) is 0 Å². The summed E-state index contributed by atoms with van der Waals surface area (Å²) >= 11 is 0. The number of carboxylic acid groups (broad SMARTS) is 1. The molecule has 0 unspecified atom stereocenters. The molecule has 2 heterocycles. The van der Waals surface area contributed by atoms with Gasteiger partial charge in [0.15, 0.2) is 11.3 Å². The van der Waals surface area contributed by atoms with E-state index in [0.29, 0.717) is 44.2 Å². The van der Waals surface area contributed by atoms with E-state index in [1.54, 1.807) is 6.07 Å². The first-order valence-electron chi connectivity index (χ1n) is 10.2. The molecule has 3 fully saturated rings. The van der Waals surface area contributed by atoms with Crippen molar-refractivity contribution < 1.29 is 24.2 Å². The molecule has 0 atom stereocenters. The smallest absolute Gasteiger partial charge is 0.354 e. The Hall–Kier alpha value is -2.97. The van der Waals surface area contributed by atoms with Crippen LogP contribution in [0.1, 0.15) is 69.8 Å². The molecule has 5 rings (SSSR count). The minimum Gasteiger partial charge on any atom is -0.477 e. The van der Waals surface area contributed by atoms with Crippen molar-refractivity contribution in [3.8, 4) is 0 Å². The summed E-state index contributed by atoms with van der Waals surface area (Å²) in [6.45, 7) is 5.59. The molecule has 0 radical (unpaired) electrons. The lowest BCUT2D eigenvalue weighted by Gasteiger charge is -2.51. The minimum atomic E-state index is -1.18. The number of nitrogens with zero attached hydrogens (tertiary/aromatic N) is 3. The minimum absolute atomic E-state index is 0.160. The van der Waals surface area contributed by atoms with Gasteiger partial charge in [0.1, 0.15) is 11.4 Å². The van der Waals surface area contributed by atoms with Crippen molar-refractivity contribution in [2.24, 2.45) is 10.8 Å². The molecule has 30 heavy (non-hydrogen) atoms. The molecule has 3 aliphatic rings. The van der Waals surface area contributed by atoms with E-state index < -0.39 is 22.4 Å². The van der Waals surface area contributed by atoms with Gasteiger partial charge in [-0.05, 0) is 59.3 Å².